The van der Waals surface area contributed by atoms with E-state index in [2.05, 4.69) is 75.3 Å². The van der Waals surface area contributed by atoms with E-state index in [1.165, 1.54) is 35.0 Å². The summed E-state index contributed by atoms with van der Waals surface area (Å²) in [5, 5.41) is 21.7. The van der Waals surface area contributed by atoms with Crippen molar-refractivity contribution in [1.82, 2.24) is 39.6 Å². The largest absolute Gasteiger partial charge is 0.324 e. The molecular weight excluding hydrogens is 462 g/mol. The average molecular weight is 494 g/mol. The van der Waals surface area contributed by atoms with Gasteiger partial charge in [0.1, 0.15) is 0 Å². The van der Waals surface area contributed by atoms with Gasteiger partial charge in [-0.2, -0.15) is 15.2 Å². The molecule has 0 saturated heterocycles. The normalized spacial score (nSPS) is 15.9. The molecule has 2 aliphatic rings. The predicted octanol–water partition coefficient (Wildman–Crippen LogP) is 4.99. The zero-order valence-electron chi connectivity index (χ0n) is 21.5. The maximum Gasteiger partial charge on any atom is 0.225 e. The molecule has 2 N–H and O–H groups in total. The number of hydrogen-bond acceptors (Lipinski definition) is 6. The number of nitrogens with one attached hydrogen (secondary N) is 2. The minimum atomic E-state index is 0.575. The second-order valence-electron chi connectivity index (χ2n) is 10.2. The van der Waals surface area contributed by atoms with E-state index in [4.69, 9.17) is 15.2 Å². The van der Waals surface area contributed by atoms with Crippen molar-refractivity contribution in [3.8, 4) is 22.6 Å². The number of nitrogens with zero attached hydrogens (tertiary/aromatic N) is 7. The molecule has 4 heterocycles. The van der Waals surface area contributed by atoms with Crippen LogP contribution in [-0.2, 0) is 20.1 Å². The molecule has 3 aromatic heterocycles. The van der Waals surface area contributed by atoms with Crippen LogP contribution in [0, 0.1) is 6.92 Å². The molecule has 5 aromatic rings. The fourth-order valence-electron chi connectivity index (χ4n) is 5.52. The molecule has 0 radical (unpaired) electrons. The lowest BCUT2D eigenvalue weighted by molar-refractivity contribution is 0.223. The molecule has 1 fully saturated rings. The van der Waals surface area contributed by atoms with Crippen molar-refractivity contribution < 1.29 is 0 Å². The van der Waals surface area contributed by atoms with Crippen LogP contribution in [0.3, 0.4) is 0 Å². The van der Waals surface area contributed by atoms with Gasteiger partial charge in [-0.1, -0.05) is 31.2 Å². The SMILES string of the molecule is CCN1CCn2nc(-c3ccc(-c4nc(Nc5ccc6[nH]ncc6c5C5CC5)n(C)n4)cc3)c(C)c2C1. The van der Waals surface area contributed by atoms with Gasteiger partial charge in [-0.25, -0.2) is 4.68 Å². The van der Waals surface area contributed by atoms with Crippen LogP contribution in [0.2, 0.25) is 0 Å². The Bertz CT molecular complexity index is 1600. The Morgan fingerprint density at radius 3 is 2.62 bits per heavy atom. The second-order valence-corrected chi connectivity index (χ2v) is 10.2. The van der Waals surface area contributed by atoms with Crippen molar-refractivity contribution in [3.05, 3.63) is 59.4 Å². The highest BCUT2D eigenvalue weighted by molar-refractivity contribution is 5.89. The van der Waals surface area contributed by atoms with E-state index >= 15 is 0 Å². The van der Waals surface area contributed by atoms with Crippen molar-refractivity contribution in [2.24, 2.45) is 7.05 Å². The maximum absolute atomic E-state index is 4.94. The third-order valence-electron chi connectivity index (χ3n) is 7.85. The molecule has 0 amide bonds. The van der Waals surface area contributed by atoms with Crippen LogP contribution in [0.25, 0.3) is 33.5 Å². The summed E-state index contributed by atoms with van der Waals surface area (Å²) in [6, 6.07) is 12.6. The number of likely N-dealkylation sites (N-methyl/N-ethyl adjacent to an activating group) is 1. The quantitative estimate of drug-likeness (QED) is 0.346. The molecule has 188 valence electrons. The van der Waals surface area contributed by atoms with Crippen molar-refractivity contribution in [3.63, 3.8) is 0 Å². The van der Waals surface area contributed by atoms with Gasteiger partial charge in [-0.3, -0.25) is 14.7 Å². The number of benzene rings is 2. The first-order chi connectivity index (χ1) is 18.1. The number of aromatic amines is 1. The molecule has 2 aromatic carbocycles. The molecule has 0 spiro atoms. The summed E-state index contributed by atoms with van der Waals surface area (Å²) in [5.41, 5.74) is 9.25. The Morgan fingerprint density at radius 2 is 1.84 bits per heavy atom. The number of fused-ring (bicyclic) bond motifs is 2. The Hall–Kier alpha value is -3.98. The Morgan fingerprint density at radius 1 is 1.03 bits per heavy atom. The highest BCUT2D eigenvalue weighted by Crippen LogP contribution is 2.47. The number of hydrogen-bond donors (Lipinski definition) is 2. The van der Waals surface area contributed by atoms with Crippen LogP contribution >= 0.6 is 0 Å². The monoisotopic (exact) mass is 493 g/mol. The predicted molar refractivity (Wildman–Crippen MR) is 145 cm³/mol. The summed E-state index contributed by atoms with van der Waals surface area (Å²) >= 11 is 0. The lowest BCUT2D eigenvalue weighted by atomic mass is 10.0. The molecule has 9 nitrogen and oxygen atoms in total. The summed E-state index contributed by atoms with van der Waals surface area (Å²) in [6.07, 6.45) is 4.35. The maximum atomic E-state index is 4.94. The van der Waals surface area contributed by atoms with Crippen LogP contribution in [0.4, 0.5) is 11.6 Å². The number of aromatic nitrogens is 7. The van der Waals surface area contributed by atoms with Gasteiger partial charge in [0.25, 0.3) is 0 Å². The van der Waals surface area contributed by atoms with Gasteiger partial charge in [0.2, 0.25) is 5.95 Å². The first-order valence-electron chi connectivity index (χ1n) is 13.1. The van der Waals surface area contributed by atoms with E-state index in [0.29, 0.717) is 11.7 Å². The van der Waals surface area contributed by atoms with E-state index in [1.54, 1.807) is 0 Å². The van der Waals surface area contributed by atoms with Crippen molar-refractivity contribution in [2.45, 2.75) is 45.7 Å². The molecule has 0 bridgehead atoms. The molecule has 1 aliphatic carbocycles. The van der Waals surface area contributed by atoms with Crippen LogP contribution in [-0.4, -0.2) is 52.7 Å². The Labute approximate surface area is 215 Å². The molecule has 0 atom stereocenters. The van der Waals surface area contributed by atoms with Gasteiger partial charge in [-0.15, -0.1) is 5.10 Å². The minimum Gasteiger partial charge on any atom is -0.324 e. The number of anilines is 2. The topological polar surface area (TPSA) is 92.5 Å². The lowest BCUT2D eigenvalue weighted by Crippen LogP contribution is -2.33. The van der Waals surface area contributed by atoms with Gasteiger partial charge in [0.15, 0.2) is 5.82 Å². The van der Waals surface area contributed by atoms with Crippen molar-refractivity contribution in [2.75, 3.05) is 18.4 Å². The first-order valence-corrected chi connectivity index (χ1v) is 13.1. The van der Waals surface area contributed by atoms with Crippen LogP contribution in [0.1, 0.15) is 42.5 Å². The summed E-state index contributed by atoms with van der Waals surface area (Å²) < 4.78 is 3.99. The highest BCUT2D eigenvalue weighted by Gasteiger charge is 2.29. The number of H-pyrrole nitrogens is 1. The van der Waals surface area contributed by atoms with Crippen LogP contribution in [0.15, 0.2) is 42.6 Å². The lowest BCUT2D eigenvalue weighted by Gasteiger charge is -2.26. The summed E-state index contributed by atoms with van der Waals surface area (Å²) in [4.78, 5) is 7.32. The van der Waals surface area contributed by atoms with Gasteiger partial charge in [0.05, 0.1) is 29.6 Å². The molecule has 0 unspecified atom stereocenters. The molecule has 1 saturated carbocycles. The zero-order valence-corrected chi connectivity index (χ0v) is 21.5. The van der Waals surface area contributed by atoms with Crippen molar-refractivity contribution in [1.29, 1.82) is 0 Å². The Kier molecular flexibility index (Phi) is 5.14. The summed E-state index contributed by atoms with van der Waals surface area (Å²) in [5.74, 6) is 2.00. The van der Waals surface area contributed by atoms with Crippen LogP contribution < -0.4 is 5.32 Å². The fourth-order valence-corrected chi connectivity index (χ4v) is 5.52. The van der Waals surface area contributed by atoms with Gasteiger partial charge < -0.3 is 5.32 Å². The van der Waals surface area contributed by atoms with E-state index in [9.17, 15) is 0 Å². The van der Waals surface area contributed by atoms with Crippen molar-refractivity contribution >= 4 is 22.5 Å². The zero-order chi connectivity index (χ0) is 25.1. The fraction of sp³-hybridized carbons (Fsp3) is 0.357. The van der Waals surface area contributed by atoms with E-state index in [-0.39, 0.29) is 0 Å². The number of aryl methyl sites for hydroxylation is 1. The first kappa shape index (κ1) is 22.2. The minimum absolute atomic E-state index is 0.575. The summed E-state index contributed by atoms with van der Waals surface area (Å²) in [7, 11) is 1.93. The smallest absolute Gasteiger partial charge is 0.225 e. The third kappa shape index (κ3) is 3.81. The molecule has 9 heteroatoms. The van der Waals surface area contributed by atoms with Gasteiger partial charge >= 0.3 is 0 Å². The summed E-state index contributed by atoms with van der Waals surface area (Å²) in [6.45, 7) is 8.46. The average Bonchev–Trinajstić information content (AvgIpc) is 3.39. The number of rotatable bonds is 6. The third-order valence-corrected chi connectivity index (χ3v) is 7.85. The second kappa shape index (κ2) is 8.55. The molecule has 37 heavy (non-hydrogen) atoms. The highest BCUT2D eigenvalue weighted by atomic mass is 15.4. The molecule has 7 rings (SSSR count). The van der Waals surface area contributed by atoms with E-state index < -0.39 is 0 Å². The molecular formula is C28H31N9. The van der Waals surface area contributed by atoms with Gasteiger partial charge in [0, 0.05) is 42.3 Å². The van der Waals surface area contributed by atoms with Crippen LogP contribution in [0.5, 0.6) is 0 Å². The standard InChI is InChI=1S/C28H31N9/c1-4-36-13-14-37-24(16-36)17(2)26(33-37)19-7-9-20(10-8-19)27-31-28(35(3)34-27)30-23-12-11-22-21(15-29-32-22)25(23)18-5-6-18/h7-12,15,18H,4-6,13-14,16H2,1-3H3,(H,29,32)(H,30,31,34). The van der Waals surface area contributed by atoms with E-state index in [1.807, 2.05) is 17.9 Å². The Balaban J connectivity index is 1.16. The van der Waals surface area contributed by atoms with Gasteiger partial charge in [-0.05, 0) is 55.5 Å². The van der Waals surface area contributed by atoms with E-state index in [0.717, 1.165) is 60.2 Å². The molecule has 1 aliphatic heterocycles.